The number of aromatic nitrogens is 2. The molecule has 0 radical (unpaired) electrons. The van der Waals surface area contributed by atoms with Gasteiger partial charge in [-0.3, -0.25) is 5.01 Å². The third-order valence-electron chi connectivity index (χ3n) is 8.79. The van der Waals surface area contributed by atoms with Crippen LogP contribution in [0.5, 0.6) is 5.75 Å². The molecule has 0 saturated carbocycles. The van der Waals surface area contributed by atoms with E-state index >= 15 is 0 Å². The molecule has 2 aromatic heterocycles. The van der Waals surface area contributed by atoms with Gasteiger partial charge in [0.2, 0.25) is 0 Å². The summed E-state index contributed by atoms with van der Waals surface area (Å²) >= 11 is 10.3. The first-order valence-electron chi connectivity index (χ1n) is 15.7. The van der Waals surface area contributed by atoms with Crippen molar-refractivity contribution < 1.29 is 19.2 Å². The summed E-state index contributed by atoms with van der Waals surface area (Å²) in [6, 6.07) is 18.3. The molecule has 1 N–H and O–H groups in total. The first-order valence-corrected chi connectivity index (χ1v) is 18.2. The smallest absolute Gasteiger partial charge is 0.352 e. The van der Waals surface area contributed by atoms with Gasteiger partial charge < -0.3 is 18.9 Å². The maximum Gasteiger partial charge on any atom is 0.352 e. The number of hydrogen-bond donors (Lipinski definition) is 1. The number of ether oxygens (including phenoxy) is 1. The molecule has 0 atom stereocenters. The van der Waals surface area contributed by atoms with Crippen molar-refractivity contribution in [2.75, 3.05) is 18.9 Å². The Labute approximate surface area is 286 Å². The lowest BCUT2D eigenvalue weighted by Gasteiger charge is -2.19. The van der Waals surface area contributed by atoms with Crippen molar-refractivity contribution in [2.45, 2.75) is 49.0 Å². The van der Waals surface area contributed by atoms with E-state index < -0.39 is 5.97 Å². The Morgan fingerprint density at radius 1 is 1.04 bits per heavy atom. The fourth-order valence-corrected chi connectivity index (χ4v) is 8.45. The molecule has 7 rings (SSSR count). The molecule has 8 nitrogen and oxygen atoms in total. The average Bonchev–Trinajstić information content (AvgIpc) is 3.79. The van der Waals surface area contributed by atoms with Crippen LogP contribution in [0, 0.1) is 0 Å². The number of benzene rings is 3. The second kappa shape index (κ2) is 13.7. The van der Waals surface area contributed by atoms with Gasteiger partial charge in [0.15, 0.2) is 0 Å². The Balaban J connectivity index is 1.28. The molecular formula is C36H35ClN4O4S2. The number of rotatable bonds is 1. The normalized spacial score (nSPS) is 18.7. The van der Waals surface area contributed by atoms with Gasteiger partial charge in [-0.25, -0.2) is 4.79 Å². The zero-order valence-corrected chi connectivity index (χ0v) is 28.7. The van der Waals surface area contributed by atoms with Crippen LogP contribution in [0.2, 0.25) is 5.02 Å². The standard InChI is InChI=1S/C36H35ClN4O4S2/c1-22-31-10-5-14-41(31)38-13-16-46-20-24-18-25(45-39-24)21-47-26-17-23-7-3-4-8-27(23)32(19-26)44-15-6-9-28-29-11-12-30(37)33(22)34(29)40(2)35(28)36(42)43/h3-4,7-8,11-13,17-19H,5-6,9-10,14-16,20-21H2,1-2H3,(H,42,43)/b31-22+,38-13+. The van der Waals surface area contributed by atoms with Crippen molar-refractivity contribution in [3.05, 3.63) is 93.6 Å². The SMILES string of the molecule is C/C1=C2/CCCN2/N=C/CSCc2cc(on2)CSc2cc(c3ccccc3c2)OCCCc2c(C(=O)O)n(C)c3c1c(Cl)ccc23. The Kier molecular flexibility index (Phi) is 9.25. The minimum absolute atomic E-state index is 0.282. The van der Waals surface area contributed by atoms with E-state index in [1.165, 1.54) is 0 Å². The third-order valence-corrected chi connectivity index (χ3v) is 11.0. The highest BCUT2D eigenvalue weighted by molar-refractivity contribution is 7.99. The molecule has 0 unspecified atom stereocenters. The number of hydrogen-bond acceptors (Lipinski definition) is 8. The van der Waals surface area contributed by atoms with Gasteiger partial charge in [0, 0.05) is 64.3 Å². The largest absolute Gasteiger partial charge is 0.493 e. The molecule has 11 heteroatoms. The molecule has 47 heavy (non-hydrogen) atoms. The minimum Gasteiger partial charge on any atom is -0.493 e. The summed E-state index contributed by atoms with van der Waals surface area (Å²) < 4.78 is 13.9. The zero-order chi connectivity index (χ0) is 32.5. The molecule has 0 aliphatic carbocycles. The number of aromatic carboxylic acids is 1. The Bertz CT molecular complexity index is 2050. The molecule has 8 bridgehead atoms. The maximum atomic E-state index is 12.7. The van der Waals surface area contributed by atoms with Gasteiger partial charge in [-0.15, -0.1) is 23.5 Å². The monoisotopic (exact) mass is 686 g/mol. The highest BCUT2D eigenvalue weighted by Gasteiger charge is 2.27. The van der Waals surface area contributed by atoms with Crippen LogP contribution in [0.25, 0.3) is 27.2 Å². The fraction of sp³-hybridized carbons (Fsp3) is 0.306. The number of carboxylic acid groups (broad SMARTS) is 1. The van der Waals surface area contributed by atoms with Crippen molar-refractivity contribution in [3.8, 4) is 5.75 Å². The van der Waals surface area contributed by atoms with E-state index in [0.717, 1.165) is 97.1 Å². The number of carboxylic acids is 1. The van der Waals surface area contributed by atoms with E-state index in [2.05, 4.69) is 41.4 Å². The van der Waals surface area contributed by atoms with Crippen molar-refractivity contribution in [2.24, 2.45) is 12.1 Å². The summed E-state index contributed by atoms with van der Waals surface area (Å²) in [5.74, 6) is 2.81. The highest BCUT2D eigenvalue weighted by atomic mass is 35.5. The van der Waals surface area contributed by atoms with Crippen LogP contribution in [0.3, 0.4) is 0 Å². The van der Waals surface area contributed by atoms with Crippen molar-refractivity contribution in [1.82, 2.24) is 14.7 Å². The van der Waals surface area contributed by atoms with Gasteiger partial charge in [0.25, 0.3) is 0 Å². The molecule has 0 spiro atoms. The topological polar surface area (TPSA) is 93.1 Å². The van der Waals surface area contributed by atoms with Crippen molar-refractivity contribution in [3.63, 3.8) is 0 Å². The molecule has 1 saturated heterocycles. The summed E-state index contributed by atoms with van der Waals surface area (Å²) in [4.78, 5) is 13.8. The number of thioether (sulfide) groups is 2. The average molecular weight is 687 g/mol. The number of allylic oxidation sites excluding steroid dienone is 2. The van der Waals surface area contributed by atoms with Crippen LogP contribution in [0.4, 0.5) is 0 Å². The molecule has 1 fully saturated rings. The van der Waals surface area contributed by atoms with E-state index in [1.54, 1.807) is 28.1 Å². The highest BCUT2D eigenvalue weighted by Crippen LogP contribution is 2.40. The van der Waals surface area contributed by atoms with Gasteiger partial charge in [-0.2, -0.15) is 5.10 Å². The van der Waals surface area contributed by atoms with Gasteiger partial charge in [-0.1, -0.05) is 47.1 Å². The van der Waals surface area contributed by atoms with E-state index in [-0.39, 0.29) is 5.69 Å². The second-order valence-corrected chi connectivity index (χ2v) is 14.3. The van der Waals surface area contributed by atoms with E-state index in [0.29, 0.717) is 30.2 Å². The molecular weight excluding hydrogens is 652 g/mol. The van der Waals surface area contributed by atoms with Crippen LogP contribution in [0.15, 0.2) is 74.8 Å². The van der Waals surface area contributed by atoms with Gasteiger partial charge in [0.05, 0.1) is 28.6 Å². The number of carbonyl (C=O) groups is 1. The summed E-state index contributed by atoms with van der Waals surface area (Å²) in [5, 5.41) is 25.2. The van der Waals surface area contributed by atoms with Crippen LogP contribution >= 0.6 is 35.1 Å². The quantitative estimate of drug-likeness (QED) is 0.187. The van der Waals surface area contributed by atoms with E-state index in [1.807, 2.05) is 43.6 Å². The van der Waals surface area contributed by atoms with Gasteiger partial charge >= 0.3 is 5.97 Å². The summed E-state index contributed by atoms with van der Waals surface area (Å²) in [5.41, 5.74) is 5.81. The van der Waals surface area contributed by atoms with Crippen molar-refractivity contribution in [1.29, 1.82) is 0 Å². The predicted molar refractivity (Wildman–Crippen MR) is 192 cm³/mol. The molecule has 0 amide bonds. The van der Waals surface area contributed by atoms with Gasteiger partial charge in [0.1, 0.15) is 17.2 Å². The van der Waals surface area contributed by atoms with Crippen LogP contribution < -0.4 is 4.74 Å². The van der Waals surface area contributed by atoms with E-state index in [9.17, 15) is 9.90 Å². The first-order chi connectivity index (χ1) is 22.9. The lowest BCUT2D eigenvalue weighted by atomic mass is 9.98. The van der Waals surface area contributed by atoms with E-state index in [4.69, 9.17) is 26.0 Å². The van der Waals surface area contributed by atoms with Crippen LogP contribution in [-0.2, 0) is 25.0 Å². The van der Waals surface area contributed by atoms with Gasteiger partial charge in [-0.05, 0) is 67.3 Å². The zero-order valence-electron chi connectivity index (χ0n) is 26.3. The second-order valence-electron chi connectivity index (χ2n) is 11.8. The Hall–Kier alpha value is -3.86. The number of fused-ring (bicyclic) bond motifs is 7. The lowest BCUT2D eigenvalue weighted by molar-refractivity contribution is 0.0685. The molecule has 3 aromatic carbocycles. The molecule has 2 aliphatic heterocycles. The predicted octanol–water partition coefficient (Wildman–Crippen LogP) is 9.03. The molecule has 4 heterocycles. The molecule has 5 aromatic rings. The molecule has 242 valence electrons. The number of halogens is 1. The Morgan fingerprint density at radius 2 is 1.91 bits per heavy atom. The minimum atomic E-state index is -0.955. The summed E-state index contributed by atoms with van der Waals surface area (Å²) in [7, 11) is 1.82. The third kappa shape index (κ3) is 6.38. The summed E-state index contributed by atoms with van der Waals surface area (Å²) in [6.07, 6.45) is 5.00. The van der Waals surface area contributed by atoms with Crippen molar-refractivity contribution >= 4 is 74.6 Å². The number of hydrazone groups is 1. The maximum absolute atomic E-state index is 12.7. The van der Waals surface area contributed by atoms with Crippen LogP contribution in [0.1, 0.15) is 59.3 Å². The number of aryl methyl sites for hydroxylation is 2. The first kappa shape index (κ1) is 31.7. The molecule has 2 aliphatic rings. The Morgan fingerprint density at radius 3 is 2.79 bits per heavy atom. The number of nitrogens with zero attached hydrogens (tertiary/aromatic N) is 4. The summed E-state index contributed by atoms with van der Waals surface area (Å²) in [6.45, 7) is 3.33. The fourth-order valence-electron chi connectivity index (χ4n) is 6.67. The lowest BCUT2D eigenvalue weighted by Crippen LogP contribution is -2.12. The van der Waals surface area contributed by atoms with Crippen LogP contribution in [-0.4, -0.2) is 50.9 Å².